The highest BCUT2D eigenvalue weighted by Crippen LogP contribution is 2.61. The van der Waals surface area contributed by atoms with Crippen molar-refractivity contribution in [1.82, 2.24) is 25.5 Å². The molecule has 15 atom stereocenters. The van der Waals surface area contributed by atoms with E-state index >= 15 is 0 Å². The van der Waals surface area contributed by atoms with Gasteiger partial charge in [0.2, 0.25) is 11.8 Å². The zero-order chi connectivity index (χ0) is 42.4. The van der Waals surface area contributed by atoms with Gasteiger partial charge in [0.25, 0.3) is 0 Å². The fraction of sp³-hybridized carbons (Fsp3) is 0.953. The largest absolute Gasteiger partial charge is 0.394 e. The van der Waals surface area contributed by atoms with E-state index in [-0.39, 0.29) is 66.0 Å². The van der Waals surface area contributed by atoms with Crippen LogP contribution in [0.3, 0.4) is 0 Å². The third-order valence-electron chi connectivity index (χ3n) is 15.5. The van der Waals surface area contributed by atoms with Crippen LogP contribution in [-0.4, -0.2) is 153 Å². The second-order valence-corrected chi connectivity index (χ2v) is 23.7. The van der Waals surface area contributed by atoms with Gasteiger partial charge in [0, 0.05) is 50.0 Å². The van der Waals surface area contributed by atoms with Gasteiger partial charge in [-0.2, -0.15) is 5.06 Å². The Bertz CT molecular complexity index is 1490. The number of likely N-dealkylation sites (N-methyl/N-ethyl adjacent to an activating group) is 1. The summed E-state index contributed by atoms with van der Waals surface area (Å²) in [4.78, 5) is 39.0. The number of fused-ring (bicyclic) bond motifs is 2. The van der Waals surface area contributed by atoms with Crippen LogP contribution in [0.1, 0.15) is 99.8 Å². The first kappa shape index (κ1) is 46.7. The maximum atomic E-state index is 14.4. The Morgan fingerprint density at radius 3 is 2.26 bits per heavy atom. The number of carbonyl (C=O) groups is 2. The maximum Gasteiger partial charge on any atom is 0.240 e. The number of ether oxygens (including phenoxy) is 1. The molecule has 0 aromatic carbocycles. The van der Waals surface area contributed by atoms with E-state index in [4.69, 9.17) is 9.57 Å². The number of hydroxylamine groups is 2. The van der Waals surface area contributed by atoms with Crippen LogP contribution < -0.4 is 10.6 Å². The summed E-state index contributed by atoms with van der Waals surface area (Å²) in [5, 5.41) is 29.8. The highest BCUT2D eigenvalue weighted by molar-refractivity contribution is 7.92. The molecule has 0 spiro atoms. The number of aliphatic hydroxyl groups is 2. The molecule has 1 heterocycles. The molecule has 6 rings (SSSR count). The van der Waals surface area contributed by atoms with Crippen LogP contribution >= 0.6 is 0 Å². The standard InChI is InChI=1S/C43H79N5O8S/c1-25-34-19-30(43(34,6)7)20-35(25)45-41(52)38-37(26(2)50)36(23-49)56-48(38)21-27-14-13-15-33(39(27)55-12)28-16-29(18-32(17-28)47(10)11)40(51)44-31(22-46(8)9)24-57(53,54)42(3,4)5/h25-39,49-50H,13-24H2,1-12H3,(H,44,51)(H,45,52)/t25-,26-,27?,28?,29?,30+,31-,32?,33?,34-,35-,36-,37+,38-,39?/m0/s1. The number of carbonyl (C=O) groups excluding carboxylic acids is 2. The van der Waals surface area contributed by atoms with E-state index in [0.29, 0.717) is 49.1 Å². The molecule has 2 amide bonds. The fourth-order valence-corrected chi connectivity index (χ4v) is 13.0. The SMILES string of the molecule is COC1C(CN2O[C@@H](CO)[C@@H]([C@H](C)O)[C@H]2C(=O)N[C@H]2C[C@H]3C[C@@H]([C@@H]2C)C3(C)C)CCCC1C1CC(C(=O)N[C@@H](CN(C)C)CS(=O)(=O)C(C)(C)C)CC(N(C)C)C1. The molecule has 6 fully saturated rings. The van der Waals surface area contributed by atoms with Crippen LogP contribution in [-0.2, 0) is 29.0 Å². The van der Waals surface area contributed by atoms with Gasteiger partial charge in [0.15, 0.2) is 9.84 Å². The second-order valence-electron chi connectivity index (χ2n) is 21.0. The first-order chi connectivity index (χ1) is 26.5. The quantitative estimate of drug-likeness (QED) is 0.192. The Balaban J connectivity index is 1.32. The van der Waals surface area contributed by atoms with E-state index in [9.17, 15) is 28.2 Å². The number of hydrogen-bond donors (Lipinski definition) is 4. The summed E-state index contributed by atoms with van der Waals surface area (Å²) in [7, 11) is 6.20. The van der Waals surface area contributed by atoms with Gasteiger partial charge < -0.3 is 35.4 Å². The molecule has 5 saturated carbocycles. The first-order valence-corrected chi connectivity index (χ1v) is 23.5. The third-order valence-corrected chi connectivity index (χ3v) is 18.2. The maximum absolute atomic E-state index is 14.4. The predicted octanol–water partition coefficient (Wildman–Crippen LogP) is 3.18. The summed E-state index contributed by atoms with van der Waals surface area (Å²) in [5.41, 5.74) is 0.290. The predicted molar refractivity (Wildman–Crippen MR) is 223 cm³/mol. The highest BCUT2D eigenvalue weighted by atomic mass is 32.2. The lowest BCUT2D eigenvalue weighted by Crippen LogP contribution is -2.62. The van der Waals surface area contributed by atoms with Crippen molar-refractivity contribution in [2.45, 2.75) is 147 Å². The van der Waals surface area contributed by atoms with E-state index in [1.807, 2.05) is 19.0 Å². The second kappa shape index (κ2) is 18.3. The molecule has 13 nitrogen and oxygen atoms in total. The average molecular weight is 826 g/mol. The monoisotopic (exact) mass is 826 g/mol. The summed E-state index contributed by atoms with van der Waals surface area (Å²) in [6.45, 7) is 14.3. The molecule has 4 N–H and O–H groups in total. The van der Waals surface area contributed by atoms with Gasteiger partial charge in [-0.15, -0.1) is 0 Å². The van der Waals surface area contributed by atoms with Crippen molar-refractivity contribution in [3.8, 4) is 0 Å². The van der Waals surface area contributed by atoms with Crippen molar-refractivity contribution in [2.75, 3.05) is 60.7 Å². The molecule has 14 heteroatoms. The lowest BCUT2D eigenvalue weighted by molar-refractivity contribution is -0.193. The summed E-state index contributed by atoms with van der Waals surface area (Å²) in [5.74, 6) is 0.670. The lowest BCUT2D eigenvalue weighted by atomic mass is 9.45. The Morgan fingerprint density at radius 1 is 1.04 bits per heavy atom. The fourth-order valence-electron chi connectivity index (χ4n) is 11.8. The minimum atomic E-state index is -3.47. The molecule has 57 heavy (non-hydrogen) atoms. The molecule has 0 aromatic rings. The highest BCUT2D eigenvalue weighted by Gasteiger charge is 2.58. The van der Waals surface area contributed by atoms with Gasteiger partial charge in [-0.05, 0) is 136 Å². The number of aliphatic hydroxyl groups excluding tert-OH is 2. The van der Waals surface area contributed by atoms with Crippen molar-refractivity contribution in [2.24, 2.45) is 52.8 Å². The summed E-state index contributed by atoms with van der Waals surface area (Å²) >= 11 is 0. The zero-order valence-electron chi connectivity index (χ0n) is 37.2. The van der Waals surface area contributed by atoms with Crippen molar-refractivity contribution in [3.05, 3.63) is 0 Å². The Labute approximate surface area is 344 Å². The number of nitrogens with zero attached hydrogens (tertiary/aromatic N) is 3. The van der Waals surface area contributed by atoms with Crippen LogP contribution in [0.15, 0.2) is 0 Å². The van der Waals surface area contributed by atoms with Gasteiger partial charge in [-0.25, -0.2) is 8.42 Å². The van der Waals surface area contributed by atoms with Gasteiger partial charge >= 0.3 is 0 Å². The van der Waals surface area contributed by atoms with Crippen LogP contribution in [0.5, 0.6) is 0 Å². The average Bonchev–Trinajstić information content (AvgIpc) is 3.49. The molecule has 6 unspecified atom stereocenters. The number of rotatable bonds is 15. The van der Waals surface area contributed by atoms with Crippen LogP contribution in [0, 0.1) is 52.8 Å². The van der Waals surface area contributed by atoms with E-state index in [0.717, 1.165) is 32.1 Å². The minimum Gasteiger partial charge on any atom is -0.394 e. The molecule has 1 saturated heterocycles. The Morgan fingerprint density at radius 2 is 1.72 bits per heavy atom. The Kier molecular flexibility index (Phi) is 15.0. The van der Waals surface area contributed by atoms with E-state index in [2.05, 4.69) is 50.4 Å². The normalized spacial score (nSPS) is 38.4. The Hall–Kier alpha value is -1.39. The molecule has 330 valence electrons. The van der Waals surface area contributed by atoms with Crippen molar-refractivity contribution >= 4 is 21.7 Å². The number of sulfone groups is 1. The summed E-state index contributed by atoms with van der Waals surface area (Å²) < 4.78 is 32.0. The lowest BCUT2D eigenvalue weighted by Gasteiger charge is -2.62. The van der Waals surface area contributed by atoms with Gasteiger partial charge in [-0.1, -0.05) is 27.2 Å². The van der Waals surface area contributed by atoms with Gasteiger partial charge in [0.1, 0.15) is 12.1 Å². The van der Waals surface area contributed by atoms with Crippen molar-refractivity contribution < 1.29 is 37.8 Å². The number of methoxy groups -OCH3 is 1. The summed E-state index contributed by atoms with van der Waals surface area (Å²) in [6, 6.07) is -1.05. The van der Waals surface area contributed by atoms with E-state index in [1.165, 1.54) is 6.42 Å². The van der Waals surface area contributed by atoms with Gasteiger partial charge in [-0.3, -0.25) is 14.4 Å². The molecule has 5 aliphatic carbocycles. The topological polar surface area (TPSA) is 161 Å². The van der Waals surface area contributed by atoms with Crippen molar-refractivity contribution in [3.63, 3.8) is 0 Å². The first-order valence-electron chi connectivity index (χ1n) is 21.9. The molecule has 0 radical (unpaired) electrons. The number of hydrogen-bond acceptors (Lipinski definition) is 11. The third kappa shape index (κ3) is 10.1. The van der Waals surface area contributed by atoms with Crippen LogP contribution in [0.2, 0.25) is 0 Å². The van der Waals surface area contributed by atoms with Crippen LogP contribution in [0.4, 0.5) is 0 Å². The van der Waals surface area contributed by atoms with E-state index in [1.54, 1.807) is 39.9 Å². The minimum absolute atomic E-state index is 0.0253. The molecular weight excluding hydrogens is 747 g/mol. The smallest absolute Gasteiger partial charge is 0.240 e. The number of amides is 2. The molecular formula is C43H79N5O8S. The molecule has 0 aromatic heterocycles. The summed E-state index contributed by atoms with van der Waals surface area (Å²) in [6.07, 6.45) is 5.56. The molecule has 2 bridgehead atoms. The molecule has 6 aliphatic rings. The van der Waals surface area contributed by atoms with Crippen LogP contribution in [0.25, 0.3) is 0 Å². The van der Waals surface area contributed by atoms with E-state index < -0.39 is 44.8 Å². The zero-order valence-corrected chi connectivity index (χ0v) is 38.1. The van der Waals surface area contributed by atoms with Gasteiger partial charge in [0.05, 0.1) is 35.4 Å². The number of nitrogens with one attached hydrogen (secondary N) is 2. The van der Waals surface area contributed by atoms with Crippen molar-refractivity contribution in [1.29, 1.82) is 0 Å². The molecule has 1 aliphatic heterocycles.